The summed E-state index contributed by atoms with van der Waals surface area (Å²) in [6, 6.07) is 15.3. The molecule has 32 heavy (non-hydrogen) atoms. The highest BCUT2D eigenvalue weighted by Crippen LogP contribution is 2.16. The van der Waals surface area contributed by atoms with E-state index < -0.39 is 0 Å². The second-order valence-corrected chi connectivity index (χ2v) is 8.49. The van der Waals surface area contributed by atoms with Crippen molar-refractivity contribution in [2.45, 2.75) is 91.3 Å². The van der Waals surface area contributed by atoms with Gasteiger partial charge in [-0.1, -0.05) is 57.9 Å². The van der Waals surface area contributed by atoms with E-state index in [-0.39, 0.29) is 24.1 Å². The van der Waals surface area contributed by atoms with Crippen molar-refractivity contribution in [2.75, 3.05) is 0 Å². The Balaban J connectivity index is 1.85. The van der Waals surface area contributed by atoms with Crippen LogP contribution in [0.15, 0.2) is 48.5 Å². The van der Waals surface area contributed by atoms with Crippen LogP contribution >= 0.6 is 0 Å². The van der Waals surface area contributed by atoms with Gasteiger partial charge in [-0.3, -0.25) is 0 Å². The number of ether oxygens (including phenoxy) is 2. The van der Waals surface area contributed by atoms with Gasteiger partial charge in [0.05, 0.1) is 11.1 Å². The van der Waals surface area contributed by atoms with Crippen LogP contribution in [0.25, 0.3) is 0 Å². The van der Waals surface area contributed by atoms with Crippen LogP contribution in [-0.4, -0.2) is 24.1 Å². The van der Waals surface area contributed by atoms with Gasteiger partial charge in [-0.15, -0.1) is 0 Å². The van der Waals surface area contributed by atoms with Crippen LogP contribution in [0.4, 0.5) is 0 Å². The molecule has 0 aliphatic rings. The molecule has 174 valence electrons. The van der Waals surface area contributed by atoms with Crippen LogP contribution < -0.4 is 0 Å². The summed E-state index contributed by atoms with van der Waals surface area (Å²) in [7, 11) is 0. The first-order chi connectivity index (χ1) is 15.5. The van der Waals surface area contributed by atoms with Gasteiger partial charge in [0.25, 0.3) is 0 Å². The van der Waals surface area contributed by atoms with Gasteiger partial charge in [0.1, 0.15) is 12.2 Å². The minimum absolute atomic E-state index is 0.304. The monoisotopic (exact) mass is 438 g/mol. The molecule has 2 aromatic carbocycles. The Hall–Kier alpha value is -2.62. The molecule has 4 nitrogen and oxygen atoms in total. The normalized spacial score (nSPS) is 12.8. The molecule has 0 spiro atoms. The van der Waals surface area contributed by atoms with E-state index in [0.717, 1.165) is 38.5 Å². The van der Waals surface area contributed by atoms with Crippen LogP contribution in [-0.2, 0) is 22.3 Å². The lowest BCUT2D eigenvalue weighted by Crippen LogP contribution is -2.25. The molecule has 0 radical (unpaired) electrons. The zero-order chi connectivity index (χ0) is 23.3. The molecule has 0 aromatic heterocycles. The summed E-state index contributed by atoms with van der Waals surface area (Å²) in [4.78, 5) is 25.0. The lowest BCUT2D eigenvalue weighted by atomic mass is 10.1. The van der Waals surface area contributed by atoms with Crippen molar-refractivity contribution >= 4 is 11.9 Å². The molecule has 0 aliphatic heterocycles. The third-order valence-corrected chi connectivity index (χ3v) is 5.65. The quantitative estimate of drug-likeness (QED) is 0.318. The fourth-order valence-electron chi connectivity index (χ4n) is 3.56. The van der Waals surface area contributed by atoms with E-state index in [9.17, 15) is 9.59 Å². The Labute approximate surface area is 193 Å². The van der Waals surface area contributed by atoms with E-state index in [1.54, 1.807) is 0 Å². The summed E-state index contributed by atoms with van der Waals surface area (Å²) in [6.07, 6.45) is 7.09. The topological polar surface area (TPSA) is 52.6 Å². The van der Waals surface area contributed by atoms with Crippen molar-refractivity contribution in [1.82, 2.24) is 0 Å². The lowest BCUT2D eigenvalue weighted by Gasteiger charge is -2.21. The summed E-state index contributed by atoms with van der Waals surface area (Å²) in [5, 5.41) is 0. The van der Waals surface area contributed by atoms with Gasteiger partial charge in [-0.05, 0) is 74.4 Å². The largest absolute Gasteiger partial charge is 0.459 e. The molecule has 0 N–H and O–H groups in total. The molecule has 0 aliphatic carbocycles. The molecule has 2 aromatic rings. The molecule has 0 heterocycles. The van der Waals surface area contributed by atoms with Crippen LogP contribution in [0.2, 0.25) is 0 Å². The van der Waals surface area contributed by atoms with Crippen molar-refractivity contribution in [2.24, 2.45) is 0 Å². The number of aryl methyl sites for hydroxylation is 2. The van der Waals surface area contributed by atoms with E-state index in [1.807, 2.05) is 62.4 Å². The van der Waals surface area contributed by atoms with Gasteiger partial charge < -0.3 is 9.47 Å². The standard InChI is InChI=1S/C28H38O4/c1-5-8-10-22-12-16-24(17-13-22)27(29)31-21(4)20-26(7-3)32-28(30)25-18-14-23(15-19-25)11-9-6-2/h12-19,21,26H,5-11,20H2,1-4H3. The maximum Gasteiger partial charge on any atom is 0.338 e. The summed E-state index contributed by atoms with van der Waals surface area (Å²) in [5.41, 5.74) is 3.56. The Morgan fingerprint density at radius 3 is 1.56 bits per heavy atom. The van der Waals surface area contributed by atoms with Gasteiger partial charge in [0.2, 0.25) is 0 Å². The average molecular weight is 439 g/mol. The summed E-state index contributed by atoms with van der Waals surface area (Å²) in [5.74, 6) is -0.677. The number of benzene rings is 2. The first kappa shape index (κ1) is 25.6. The fraction of sp³-hybridized carbons (Fsp3) is 0.500. The molecule has 0 fully saturated rings. The molecule has 0 bridgehead atoms. The fourth-order valence-corrected chi connectivity index (χ4v) is 3.56. The maximum atomic E-state index is 12.5. The number of unbranched alkanes of at least 4 members (excludes halogenated alkanes) is 2. The third kappa shape index (κ3) is 8.49. The van der Waals surface area contributed by atoms with Gasteiger partial charge in [0, 0.05) is 6.42 Å². The van der Waals surface area contributed by atoms with Gasteiger partial charge in [0.15, 0.2) is 0 Å². The predicted octanol–water partition coefficient (Wildman–Crippen LogP) is 6.94. The number of hydrogen-bond acceptors (Lipinski definition) is 4. The molecule has 0 amide bonds. The van der Waals surface area contributed by atoms with Crippen molar-refractivity contribution < 1.29 is 19.1 Å². The highest BCUT2D eigenvalue weighted by molar-refractivity contribution is 5.90. The molecular formula is C28H38O4. The average Bonchev–Trinajstić information content (AvgIpc) is 2.81. The smallest absolute Gasteiger partial charge is 0.338 e. The van der Waals surface area contributed by atoms with Crippen molar-refractivity contribution in [3.8, 4) is 0 Å². The predicted molar refractivity (Wildman–Crippen MR) is 129 cm³/mol. The van der Waals surface area contributed by atoms with Crippen LogP contribution in [0.1, 0.15) is 98.1 Å². The zero-order valence-corrected chi connectivity index (χ0v) is 20.1. The minimum Gasteiger partial charge on any atom is -0.459 e. The van der Waals surface area contributed by atoms with Crippen molar-refractivity contribution in [3.05, 3.63) is 70.8 Å². The maximum absolute atomic E-state index is 12.5. The molecule has 4 heteroatoms. The minimum atomic E-state index is -0.351. The highest BCUT2D eigenvalue weighted by Gasteiger charge is 2.20. The first-order valence-corrected chi connectivity index (χ1v) is 12.1. The molecule has 2 atom stereocenters. The lowest BCUT2D eigenvalue weighted by molar-refractivity contribution is 0.00281. The zero-order valence-electron chi connectivity index (χ0n) is 20.1. The number of carbonyl (C=O) groups is 2. The third-order valence-electron chi connectivity index (χ3n) is 5.65. The Kier molecular flexibility index (Phi) is 11.0. The molecule has 0 saturated carbocycles. The first-order valence-electron chi connectivity index (χ1n) is 12.1. The van der Waals surface area contributed by atoms with Gasteiger partial charge >= 0.3 is 11.9 Å². The summed E-state index contributed by atoms with van der Waals surface area (Å²) >= 11 is 0. The molecule has 2 rings (SSSR count). The van der Waals surface area contributed by atoms with E-state index in [4.69, 9.17) is 9.47 Å². The SMILES string of the molecule is CCCCc1ccc(C(=O)OC(C)CC(CC)OC(=O)c2ccc(CCCC)cc2)cc1. The van der Waals surface area contributed by atoms with E-state index in [0.29, 0.717) is 24.0 Å². The summed E-state index contributed by atoms with van der Waals surface area (Å²) < 4.78 is 11.3. The Morgan fingerprint density at radius 2 is 1.16 bits per heavy atom. The number of esters is 2. The van der Waals surface area contributed by atoms with Crippen LogP contribution in [0.3, 0.4) is 0 Å². The van der Waals surface area contributed by atoms with Crippen molar-refractivity contribution in [3.63, 3.8) is 0 Å². The molecule has 2 unspecified atom stereocenters. The molecular weight excluding hydrogens is 400 g/mol. The van der Waals surface area contributed by atoms with Gasteiger partial charge in [-0.25, -0.2) is 9.59 Å². The number of hydrogen-bond donors (Lipinski definition) is 0. The molecule has 0 saturated heterocycles. The van der Waals surface area contributed by atoms with Gasteiger partial charge in [-0.2, -0.15) is 0 Å². The van der Waals surface area contributed by atoms with Crippen LogP contribution in [0.5, 0.6) is 0 Å². The number of rotatable bonds is 13. The highest BCUT2D eigenvalue weighted by atomic mass is 16.6. The van der Waals surface area contributed by atoms with Crippen LogP contribution in [0, 0.1) is 0 Å². The Bertz CT molecular complexity index is 824. The summed E-state index contributed by atoms with van der Waals surface area (Å²) in [6.45, 7) is 8.14. The van der Waals surface area contributed by atoms with E-state index >= 15 is 0 Å². The van der Waals surface area contributed by atoms with E-state index in [2.05, 4.69) is 13.8 Å². The van der Waals surface area contributed by atoms with E-state index in [1.165, 1.54) is 11.1 Å². The second-order valence-electron chi connectivity index (χ2n) is 8.49. The van der Waals surface area contributed by atoms with Crippen molar-refractivity contribution in [1.29, 1.82) is 0 Å². The second kappa shape index (κ2) is 13.7. The number of carbonyl (C=O) groups excluding carboxylic acids is 2. The Morgan fingerprint density at radius 1 is 0.719 bits per heavy atom.